The molecule has 2 rings (SSSR count). The molecule has 0 aliphatic rings. The van der Waals surface area contributed by atoms with Gasteiger partial charge < -0.3 is 8.92 Å². The minimum absolute atomic E-state index is 0.164. The number of aryl methyl sites for hydroxylation is 1. The molecule has 0 bridgehead atoms. The first kappa shape index (κ1) is 25.9. The van der Waals surface area contributed by atoms with Gasteiger partial charge in [-0.25, -0.2) is 0 Å². The number of rotatable bonds is 15. The van der Waals surface area contributed by atoms with Crippen LogP contribution in [0, 0.1) is 0 Å². The van der Waals surface area contributed by atoms with Crippen molar-refractivity contribution in [1.82, 2.24) is 0 Å². The zero-order valence-corrected chi connectivity index (χ0v) is 20.1. The zero-order chi connectivity index (χ0) is 23.2. The largest absolute Gasteiger partial charge is 0.465 e. The summed E-state index contributed by atoms with van der Waals surface area (Å²) >= 11 is 0. The highest BCUT2D eigenvalue weighted by Gasteiger charge is 2.20. The van der Waals surface area contributed by atoms with Gasteiger partial charge >= 0.3 is 16.1 Å². The Balaban J connectivity index is 1.69. The maximum Gasteiger partial charge on any atom is 0.324 e. The number of carbonyl (C=O) groups excluding carboxylic acids is 1. The molecule has 0 N–H and O–H groups in total. The molecular formula is C26H36O5S. The first-order valence-corrected chi connectivity index (χ1v) is 13.2. The molecule has 0 saturated heterocycles. The summed E-state index contributed by atoms with van der Waals surface area (Å²) in [6.07, 6.45) is 9.00. The van der Waals surface area contributed by atoms with Crippen molar-refractivity contribution >= 4 is 16.1 Å². The van der Waals surface area contributed by atoms with Crippen LogP contribution in [-0.2, 0) is 26.1 Å². The highest BCUT2D eigenvalue weighted by atomic mass is 32.2. The summed E-state index contributed by atoms with van der Waals surface area (Å²) in [5.41, 5.74) is 2.30. The first-order valence-electron chi connectivity index (χ1n) is 11.6. The van der Waals surface area contributed by atoms with Crippen LogP contribution >= 0.6 is 0 Å². The minimum atomic E-state index is -4.05. The number of carbonyl (C=O) groups is 1. The van der Waals surface area contributed by atoms with E-state index in [0.29, 0.717) is 6.42 Å². The molecule has 5 nitrogen and oxygen atoms in total. The Morgan fingerprint density at radius 2 is 1.56 bits per heavy atom. The van der Waals surface area contributed by atoms with Gasteiger partial charge in [-0.15, -0.1) is 0 Å². The van der Waals surface area contributed by atoms with Gasteiger partial charge in [-0.2, -0.15) is 8.42 Å². The Labute approximate surface area is 193 Å². The number of esters is 1. The van der Waals surface area contributed by atoms with Crippen LogP contribution in [0.2, 0.25) is 0 Å². The van der Waals surface area contributed by atoms with Gasteiger partial charge in [0.2, 0.25) is 0 Å². The van der Waals surface area contributed by atoms with Crippen LogP contribution in [0.1, 0.15) is 75.8 Å². The van der Waals surface area contributed by atoms with Crippen LogP contribution < -0.4 is 4.18 Å². The van der Waals surface area contributed by atoms with Crippen molar-refractivity contribution in [3.8, 4) is 5.75 Å². The van der Waals surface area contributed by atoms with E-state index in [-0.39, 0.29) is 18.3 Å². The molecule has 2 aromatic rings. The van der Waals surface area contributed by atoms with Crippen LogP contribution in [0.25, 0.3) is 0 Å². The van der Waals surface area contributed by atoms with Gasteiger partial charge in [0.25, 0.3) is 0 Å². The molecule has 0 spiro atoms. The van der Waals surface area contributed by atoms with E-state index >= 15 is 0 Å². The molecular weight excluding hydrogens is 424 g/mol. The zero-order valence-electron chi connectivity index (χ0n) is 19.3. The van der Waals surface area contributed by atoms with Crippen molar-refractivity contribution < 1.29 is 22.1 Å². The quantitative estimate of drug-likeness (QED) is 0.184. The fourth-order valence-electron chi connectivity index (χ4n) is 3.48. The summed E-state index contributed by atoms with van der Waals surface area (Å²) in [6.45, 7) is 4.41. The normalized spacial score (nSPS) is 12.3. The lowest BCUT2D eigenvalue weighted by molar-refractivity contribution is -0.140. The highest BCUT2D eigenvalue weighted by Crippen LogP contribution is 2.19. The molecule has 0 aliphatic carbocycles. The molecule has 0 saturated carbocycles. The molecule has 2 aromatic carbocycles. The molecule has 0 heterocycles. The molecule has 176 valence electrons. The lowest BCUT2D eigenvalue weighted by Crippen LogP contribution is -2.23. The average Bonchev–Trinajstić information content (AvgIpc) is 2.77. The van der Waals surface area contributed by atoms with E-state index in [0.717, 1.165) is 24.0 Å². The van der Waals surface area contributed by atoms with E-state index in [1.165, 1.54) is 32.1 Å². The molecule has 6 heteroatoms. The molecule has 0 amide bonds. The van der Waals surface area contributed by atoms with Gasteiger partial charge in [0.15, 0.2) is 5.75 Å². The third kappa shape index (κ3) is 10.3. The second-order valence-electron chi connectivity index (χ2n) is 8.27. The summed E-state index contributed by atoms with van der Waals surface area (Å²) in [5.74, 6) is -1.18. The maximum absolute atomic E-state index is 12.2. The van der Waals surface area contributed by atoms with Crippen molar-refractivity contribution in [3.05, 3.63) is 65.7 Å². The van der Waals surface area contributed by atoms with Crippen molar-refractivity contribution in [2.24, 2.45) is 0 Å². The van der Waals surface area contributed by atoms with E-state index in [1.54, 1.807) is 12.1 Å². The van der Waals surface area contributed by atoms with Crippen molar-refractivity contribution in [2.45, 2.75) is 71.1 Å². The predicted octanol–water partition coefficient (Wildman–Crippen LogP) is 6.04. The van der Waals surface area contributed by atoms with Crippen molar-refractivity contribution in [3.63, 3.8) is 0 Å². The fraction of sp³-hybridized carbons (Fsp3) is 0.500. The standard InChI is InChI=1S/C26H36O5S/c1-3-4-5-6-7-9-12-23-15-17-25(18-16-23)31-32(28,29)21-26(27)30-20-19-22(2)24-13-10-8-11-14-24/h8,10-11,13-18,22H,3-7,9,12,19-21H2,1-2H3. The Kier molecular flexibility index (Phi) is 11.3. The van der Waals surface area contributed by atoms with Gasteiger partial charge in [-0.1, -0.05) is 88.4 Å². The van der Waals surface area contributed by atoms with Gasteiger partial charge in [0.05, 0.1) is 6.61 Å². The highest BCUT2D eigenvalue weighted by molar-refractivity contribution is 7.87. The van der Waals surface area contributed by atoms with Gasteiger partial charge in [0, 0.05) is 0 Å². The number of hydrogen-bond acceptors (Lipinski definition) is 5. The van der Waals surface area contributed by atoms with Crippen LogP contribution in [0.15, 0.2) is 54.6 Å². The minimum Gasteiger partial charge on any atom is -0.465 e. The van der Waals surface area contributed by atoms with Gasteiger partial charge in [0.1, 0.15) is 5.75 Å². The van der Waals surface area contributed by atoms with Gasteiger partial charge in [-0.05, 0) is 48.4 Å². The lowest BCUT2D eigenvalue weighted by Gasteiger charge is -2.12. The van der Waals surface area contributed by atoms with Crippen LogP contribution in [0.3, 0.4) is 0 Å². The number of benzene rings is 2. The molecule has 1 atom stereocenters. The van der Waals surface area contributed by atoms with E-state index in [2.05, 4.69) is 6.92 Å². The van der Waals surface area contributed by atoms with E-state index in [4.69, 9.17) is 8.92 Å². The molecule has 1 unspecified atom stereocenters. The molecule has 32 heavy (non-hydrogen) atoms. The Hall–Kier alpha value is -2.34. The topological polar surface area (TPSA) is 69.7 Å². The summed E-state index contributed by atoms with van der Waals surface area (Å²) in [5, 5.41) is 0. The third-order valence-electron chi connectivity index (χ3n) is 5.44. The first-order chi connectivity index (χ1) is 15.4. The molecule has 0 aliphatic heterocycles. The Morgan fingerprint density at radius 3 is 2.25 bits per heavy atom. The number of ether oxygens (including phenoxy) is 1. The fourth-order valence-corrected chi connectivity index (χ4v) is 4.32. The molecule has 0 aromatic heterocycles. The maximum atomic E-state index is 12.2. The van der Waals surface area contributed by atoms with Gasteiger partial charge in [-0.3, -0.25) is 4.79 Å². The lowest BCUT2D eigenvalue weighted by atomic mass is 9.98. The Bertz CT molecular complexity index is 892. The SMILES string of the molecule is CCCCCCCCc1ccc(OS(=O)(=O)CC(=O)OCCC(C)c2ccccc2)cc1. The second kappa shape index (κ2) is 13.9. The predicted molar refractivity (Wildman–Crippen MR) is 128 cm³/mol. The monoisotopic (exact) mass is 460 g/mol. The molecule has 0 fully saturated rings. The van der Waals surface area contributed by atoms with Crippen LogP contribution in [0.5, 0.6) is 5.75 Å². The van der Waals surface area contributed by atoms with Crippen LogP contribution in [0.4, 0.5) is 0 Å². The summed E-state index contributed by atoms with van der Waals surface area (Å²) in [4.78, 5) is 12.0. The average molecular weight is 461 g/mol. The smallest absolute Gasteiger partial charge is 0.324 e. The van der Waals surface area contributed by atoms with E-state index in [1.807, 2.05) is 49.4 Å². The van der Waals surface area contributed by atoms with E-state index < -0.39 is 21.8 Å². The molecule has 0 radical (unpaired) electrons. The third-order valence-corrected chi connectivity index (χ3v) is 6.48. The summed E-state index contributed by atoms with van der Waals surface area (Å²) < 4.78 is 34.5. The van der Waals surface area contributed by atoms with Crippen molar-refractivity contribution in [2.75, 3.05) is 12.4 Å². The second-order valence-corrected chi connectivity index (χ2v) is 9.84. The summed E-state index contributed by atoms with van der Waals surface area (Å²) in [7, 11) is -4.05. The summed E-state index contributed by atoms with van der Waals surface area (Å²) in [6, 6.07) is 16.9. The number of hydrogen-bond donors (Lipinski definition) is 0. The Morgan fingerprint density at radius 1 is 0.906 bits per heavy atom. The van der Waals surface area contributed by atoms with Crippen LogP contribution in [-0.4, -0.2) is 26.7 Å². The van der Waals surface area contributed by atoms with Crippen molar-refractivity contribution in [1.29, 1.82) is 0 Å². The number of unbranched alkanes of at least 4 members (excludes halogenated alkanes) is 5. The van der Waals surface area contributed by atoms with E-state index in [9.17, 15) is 13.2 Å².